The van der Waals surface area contributed by atoms with E-state index < -0.39 is 5.91 Å². The quantitative estimate of drug-likeness (QED) is 0.673. The molecule has 2 rings (SSSR count). The largest absolute Gasteiger partial charge is 0.484 e. The van der Waals surface area contributed by atoms with E-state index >= 15 is 0 Å². The van der Waals surface area contributed by atoms with Crippen molar-refractivity contribution in [2.24, 2.45) is 5.73 Å². The Morgan fingerprint density at radius 2 is 2.15 bits per heavy atom. The van der Waals surface area contributed by atoms with Crippen LogP contribution in [0.1, 0.15) is 0 Å². The number of anilines is 1. The zero-order valence-electron chi connectivity index (χ0n) is 10.9. The second-order valence-corrected chi connectivity index (χ2v) is 4.35. The third-order valence-electron chi connectivity index (χ3n) is 2.74. The smallest absolute Gasteiger partial charge is 0.255 e. The van der Waals surface area contributed by atoms with Crippen LogP contribution in [-0.2, 0) is 14.3 Å². The van der Waals surface area contributed by atoms with Gasteiger partial charge in [0.05, 0.1) is 13.2 Å². The van der Waals surface area contributed by atoms with E-state index in [4.69, 9.17) is 15.2 Å². The summed E-state index contributed by atoms with van der Waals surface area (Å²) in [6.45, 7) is 1.48. The maximum Gasteiger partial charge on any atom is 0.255 e. The van der Waals surface area contributed by atoms with Crippen LogP contribution in [0.15, 0.2) is 24.3 Å². The van der Waals surface area contributed by atoms with E-state index in [0.29, 0.717) is 31.2 Å². The average Bonchev–Trinajstić information content (AvgIpc) is 2.47. The lowest BCUT2D eigenvalue weighted by atomic mass is 10.2. The topological polar surface area (TPSA) is 103 Å². The Hall–Kier alpha value is -2.12. The number of morpholine rings is 1. The molecule has 0 saturated carbocycles. The molecular weight excluding hydrogens is 262 g/mol. The van der Waals surface area contributed by atoms with E-state index in [1.54, 1.807) is 24.3 Å². The molecule has 1 heterocycles. The molecule has 1 aromatic rings. The van der Waals surface area contributed by atoms with Gasteiger partial charge in [0, 0.05) is 12.2 Å². The summed E-state index contributed by atoms with van der Waals surface area (Å²) in [7, 11) is 0. The molecule has 0 radical (unpaired) electrons. The van der Waals surface area contributed by atoms with Crippen LogP contribution in [0.25, 0.3) is 0 Å². The molecule has 1 aromatic carbocycles. The van der Waals surface area contributed by atoms with Gasteiger partial charge in [0.2, 0.25) is 5.91 Å². The highest BCUT2D eigenvalue weighted by molar-refractivity contribution is 5.95. The zero-order valence-corrected chi connectivity index (χ0v) is 10.9. The van der Waals surface area contributed by atoms with Crippen LogP contribution in [0.5, 0.6) is 5.75 Å². The van der Waals surface area contributed by atoms with Crippen molar-refractivity contribution in [3.8, 4) is 5.75 Å². The Morgan fingerprint density at radius 1 is 1.40 bits per heavy atom. The number of nitrogens with one attached hydrogen (secondary N) is 2. The van der Waals surface area contributed by atoms with Gasteiger partial charge in [-0.1, -0.05) is 0 Å². The molecule has 1 unspecified atom stereocenters. The van der Waals surface area contributed by atoms with E-state index in [2.05, 4.69) is 10.6 Å². The number of rotatable bonds is 5. The van der Waals surface area contributed by atoms with Crippen LogP contribution in [0.3, 0.4) is 0 Å². The maximum absolute atomic E-state index is 11.9. The maximum atomic E-state index is 11.9. The molecule has 7 heteroatoms. The highest BCUT2D eigenvalue weighted by Gasteiger charge is 2.20. The molecule has 2 amide bonds. The molecule has 0 spiro atoms. The Bertz CT molecular complexity index is 469. The van der Waals surface area contributed by atoms with Crippen molar-refractivity contribution in [2.45, 2.75) is 6.04 Å². The summed E-state index contributed by atoms with van der Waals surface area (Å²) >= 11 is 0. The number of amides is 2. The lowest BCUT2D eigenvalue weighted by molar-refractivity contribution is -0.121. The van der Waals surface area contributed by atoms with Crippen molar-refractivity contribution >= 4 is 17.5 Å². The van der Waals surface area contributed by atoms with E-state index in [0.717, 1.165) is 0 Å². The minimum absolute atomic E-state index is 0.143. The van der Waals surface area contributed by atoms with E-state index in [9.17, 15) is 9.59 Å². The predicted octanol–water partition coefficient (Wildman–Crippen LogP) is -0.522. The van der Waals surface area contributed by atoms with E-state index in [-0.39, 0.29) is 18.6 Å². The van der Waals surface area contributed by atoms with Gasteiger partial charge >= 0.3 is 0 Å². The molecule has 7 nitrogen and oxygen atoms in total. The Labute approximate surface area is 116 Å². The first kappa shape index (κ1) is 14.3. The molecule has 0 aliphatic carbocycles. The van der Waals surface area contributed by atoms with Gasteiger partial charge in [-0.05, 0) is 24.3 Å². The molecule has 0 aromatic heterocycles. The molecule has 4 N–H and O–H groups in total. The van der Waals surface area contributed by atoms with Gasteiger partial charge < -0.3 is 25.8 Å². The van der Waals surface area contributed by atoms with Crippen molar-refractivity contribution in [3.05, 3.63) is 24.3 Å². The number of carbonyl (C=O) groups excluding carboxylic acids is 2. The summed E-state index contributed by atoms with van der Waals surface area (Å²) in [4.78, 5) is 22.5. The minimum Gasteiger partial charge on any atom is -0.484 e. The first-order valence-corrected chi connectivity index (χ1v) is 6.28. The van der Waals surface area contributed by atoms with Gasteiger partial charge in [-0.2, -0.15) is 0 Å². The predicted molar refractivity (Wildman–Crippen MR) is 72.4 cm³/mol. The Balaban J connectivity index is 1.86. The van der Waals surface area contributed by atoms with Crippen molar-refractivity contribution in [1.82, 2.24) is 5.32 Å². The summed E-state index contributed by atoms with van der Waals surface area (Å²) < 4.78 is 10.4. The number of nitrogens with two attached hydrogens (primary N) is 1. The summed E-state index contributed by atoms with van der Waals surface area (Å²) in [5, 5.41) is 5.85. The van der Waals surface area contributed by atoms with Crippen LogP contribution in [-0.4, -0.2) is 44.2 Å². The molecule has 20 heavy (non-hydrogen) atoms. The normalized spacial score (nSPS) is 18.3. The van der Waals surface area contributed by atoms with Gasteiger partial charge in [-0.3, -0.25) is 9.59 Å². The zero-order chi connectivity index (χ0) is 14.4. The molecule has 1 aliphatic heterocycles. The first-order chi connectivity index (χ1) is 9.65. The molecule has 0 bridgehead atoms. The van der Waals surface area contributed by atoms with Gasteiger partial charge in [-0.25, -0.2) is 0 Å². The number of carbonyl (C=O) groups is 2. The second-order valence-electron chi connectivity index (χ2n) is 4.35. The number of primary amides is 1. The van der Waals surface area contributed by atoms with E-state index in [1.165, 1.54) is 0 Å². The second kappa shape index (κ2) is 6.88. The van der Waals surface area contributed by atoms with Gasteiger partial charge in [0.1, 0.15) is 11.8 Å². The monoisotopic (exact) mass is 279 g/mol. The summed E-state index contributed by atoms with van der Waals surface area (Å²) in [5.41, 5.74) is 5.63. The highest BCUT2D eigenvalue weighted by atomic mass is 16.5. The molecule has 108 valence electrons. The standard InChI is InChI=1S/C13H17N3O4/c14-12(17)8-20-10-3-1-9(2-4-10)16-13(18)11-7-19-6-5-15-11/h1-4,11,15H,5-8H2,(H2,14,17)(H,16,18). The van der Waals surface area contributed by atoms with Gasteiger partial charge in [-0.15, -0.1) is 0 Å². The fourth-order valence-electron chi connectivity index (χ4n) is 1.75. The van der Waals surface area contributed by atoms with Crippen molar-refractivity contribution in [1.29, 1.82) is 0 Å². The summed E-state index contributed by atoms with van der Waals surface area (Å²) in [5.74, 6) is -0.165. The average molecular weight is 279 g/mol. The number of hydrogen-bond acceptors (Lipinski definition) is 5. The summed E-state index contributed by atoms with van der Waals surface area (Å²) in [6, 6.07) is 6.36. The Kier molecular flexibility index (Phi) is 4.91. The van der Waals surface area contributed by atoms with Crippen molar-refractivity contribution in [3.63, 3.8) is 0 Å². The Morgan fingerprint density at radius 3 is 2.75 bits per heavy atom. The van der Waals surface area contributed by atoms with Gasteiger partial charge in [0.15, 0.2) is 6.61 Å². The third-order valence-corrected chi connectivity index (χ3v) is 2.74. The SMILES string of the molecule is NC(=O)COc1ccc(NC(=O)C2COCCN2)cc1. The van der Waals surface area contributed by atoms with Crippen LogP contribution in [0, 0.1) is 0 Å². The first-order valence-electron chi connectivity index (χ1n) is 6.28. The lowest BCUT2D eigenvalue weighted by Crippen LogP contribution is -2.48. The molecule has 1 aliphatic rings. The highest BCUT2D eigenvalue weighted by Crippen LogP contribution is 2.15. The van der Waals surface area contributed by atoms with Crippen molar-refractivity contribution in [2.75, 3.05) is 31.7 Å². The van der Waals surface area contributed by atoms with Gasteiger partial charge in [0.25, 0.3) is 5.91 Å². The van der Waals surface area contributed by atoms with Crippen molar-refractivity contribution < 1.29 is 19.1 Å². The van der Waals surface area contributed by atoms with Crippen LogP contribution in [0.4, 0.5) is 5.69 Å². The lowest BCUT2D eigenvalue weighted by Gasteiger charge is -2.22. The molecule has 1 saturated heterocycles. The number of hydrogen-bond donors (Lipinski definition) is 3. The molecular formula is C13H17N3O4. The summed E-state index contributed by atoms with van der Waals surface area (Å²) in [6.07, 6.45) is 0. The van der Waals surface area contributed by atoms with Crippen LogP contribution < -0.4 is 21.1 Å². The van der Waals surface area contributed by atoms with Crippen LogP contribution >= 0.6 is 0 Å². The molecule has 1 atom stereocenters. The fourth-order valence-corrected chi connectivity index (χ4v) is 1.75. The minimum atomic E-state index is -0.536. The fraction of sp³-hybridized carbons (Fsp3) is 0.385. The third kappa shape index (κ3) is 4.22. The number of ether oxygens (including phenoxy) is 2. The number of benzene rings is 1. The van der Waals surface area contributed by atoms with Crippen LogP contribution in [0.2, 0.25) is 0 Å². The van der Waals surface area contributed by atoms with E-state index in [1.807, 2.05) is 0 Å². The molecule has 1 fully saturated rings.